The third-order valence-corrected chi connectivity index (χ3v) is 5.03. The van der Waals surface area contributed by atoms with E-state index in [-0.39, 0.29) is 11.9 Å². The third-order valence-electron chi connectivity index (χ3n) is 5.03. The van der Waals surface area contributed by atoms with Gasteiger partial charge in [-0.1, -0.05) is 18.2 Å². The van der Waals surface area contributed by atoms with Gasteiger partial charge in [-0.3, -0.25) is 9.80 Å². The van der Waals surface area contributed by atoms with Crippen LogP contribution in [0.5, 0.6) is 0 Å². The van der Waals surface area contributed by atoms with Crippen molar-refractivity contribution in [3.8, 4) is 0 Å². The number of carbonyl (C=O) groups is 1. The van der Waals surface area contributed by atoms with E-state index in [9.17, 15) is 4.79 Å². The summed E-state index contributed by atoms with van der Waals surface area (Å²) in [5.74, 6) is 0.679. The first-order valence-corrected chi connectivity index (χ1v) is 9.23. The highest BCUT2D eigenvalue weighted by Crippen LogP contribution is 2.29. The molecular weight excluding hydrogens is 338 g/mol. The van der Waals surface area contributed by atoms with Crippen LogP contribution >= 0.6 is 0 Å². The second kappa shape index (κ2) is 6.91. The summed E-state index contributed by atoms with van der Waals surface area (Å²) < 4.78 is 5.96. The van der Waals surface area contributed by atoms with Crippen molar-refractivity contribution in [3.05, 3.63) is 65.4 Å². The Morgan fingerprint density at radius 1 is 1.15 bits per heavy atom. The van der Waals surface area contributed by atoms with E-state index in [1.807, 2.05) is 74.3 Å². The van der Waals surface area contributed by atoms with Crippen LogP contribution in [-0.4, -0.2) is 18.2 Å². The number of hydrogen-bond donors (Lipinski definition) is 1. The number of hydrazone groups is 1. The molecule has 1 atom stereocenters. The fourth-order valence-corrected chi connectivity index (χ4v) is 3.50. The number of para-hydroxylation sites is 1. The van der Waals surface area contributed by atoms with E-state index < -0.39 is 0 Å². The van der Waals surface area contributed by atoms with Gasteiger partial charge in [0, 0.05) is 35.2 Å². The van der Waals surface area contributed by atoms with Gasteiger partial charge >= 0.3 is 0 Å². The molecule has 1 N–H and O–H groups in total. The summed E-state index contributed by atoms with van der Waals surface area (Å²) in [5, 5.41) is 10.6. The van der Waals surface area contributed by atoms with Gasteiger partial charge in [0.25, 0.3) is 5.91 Å². The topological polar surface area (TPSA) is 57.8 Å². The average Bonchev–Trinajstić information content (AvgIpc) is 3.26. The van der Waals surface area contributed by atoms with E-state index in [2.05, 4.69) is 10.4 Å². The van der Waals surface area contributed by atoms with E-state index in [0.29, 0.717) is 5.56 Å². The molecule has 1 aromatic heterocycles. The molecule has 0 aliphatic carbocycles. The highest BCUT2D eigenvalue weighted by atomic mass is 16.3. The molecular formula is C22H23N3O2. The van der Waals surface area contributed by atoms with Crippen molar-refractivity contribution in [3.63, 3.8) is 0 Å². The van der Waals surface area contributed by atoms with E-state index in [4.69, 9.17) is 4.42 Å². The summed E-state index contributed by atoms with van der Waals surface area (Å²) in [5.41, 5.74) is 4.67. The molecule has 1 aliphatic rings. The van der Waals surface area contributed by atoms with Crippen LogP contribution < -0.4 is 10.3 Å². The van der Waals surface area contributed by atoms with Gasteiger partial charge in [-0.05, 0) is 51.1 Å². The van der Waals surface area contributed by atoms with Gasteiger partial charge in [0.15, 0.2) is 0 Å². The number of hydrogen-bond acceptors (Lipinski definition) is 4. The lowest BCUT2D eigenvalue weighted by molar-refractivity contribution is 0.0935. The average molecular weight is 361 g/mol. The summed E-state index contributed by atoms with van der Waals surface area (Å²) >= 11 is 0. The lowest BCUT2D eigenvalue weighted by Gasteiger charge is -2.15. The van der Waals surface area contributed by atoms with Crippen LogP contribution in [0.4, 0.5) is 5.69 Å². The molecule has 0 fully saturated rings. The SMILES string of the molecule is CC1=NN(c2ccc(C(=O)NC(C)c3oc4ccccc4c3C)cc2)CC1. The molecule has 27 heavy (non-hydrogen) atoms. The van der Waals surface area contributed by atoms with Crippen molar-refractivity contribution in [1.82, 2.24) is 5.32 Å². The first-order chi connectivity index (χ1) is 13.0. The second-order valence-corrected chi connectivity index (χ2v) is 7.04. The Balaban J connectivity index is 1.49. The molecule has 1 amide bonds. The van der Waals surface area contributed by atoms with E-state index in [1.54, 1.807) is 0 Å². The van der Waals surface area contributed by atoms with Crippen LogP contribution in [-0.2, 0) is 0 Å². The highest BCUT2D eigenvalue weighted by Gasteiger charge is 2.19. The summed E-state index contributed by atoms with van der Waals surface area (Å²) in [4.78, 5) is 12.6. The molecule has 5 heteroatoms. The highest BCUT2D eigenvalue weighted by molar-refractivity contribution is 5.95. The molecule has 1 unspecified atom stereocenters. The Morgan fingerprint density at radius 3 is 2.56 bits per heavy atom. The number of benzene rings is 2. The minimum absolute atomic E-state index is 0.116. The largest absolute Gasteiger partial charge is 0.459 e. The fourth-order valence-electron chi connectivity index (χ4n) is 3.50. The molecule has 0 radical (unpaired) electrons. The Labute approximate surface area is 158 Å². The smallest absolute Gasteiger partial charge is 0.251 e. The molecule has 4 rings (SSSR count). The van der Waals surface area contributed by atoms with E-state index in [1.165, 1.54) is 0 Å². The van der Waals surface area contributed by atoms with Crippen molar-refractivity contribution >= 4 is 28.3 Å². The van der Waals surface area contributed by atoms with Crippen LogP contribution in [0.15, 0.2) is 58.0 Å². The zero-order valence-corrected chi connectivity index (χ0v) is 15.8. The second-order valence-electron chi connectivity index (χ2n) is 7.04. The molecule has 2 heterocycles. The number of nitrogens with one attached hydrogen (secondary N) is 1. The van der Waals surface area contributed by atoms with Crippen LogP contribution in [0.3, 0.4) is 0 Å². The van der Waals surface area contributed by atoms with E-state index >= 15 is 0 Å². The van der Waals surface area contributed by atoms with Crippen molar-refractivity contribution in [1.29, 1.82) is 0 Å². The van der Waals surface area contributed by atoms with Crippen LogP contribution in [0.1, 0.15) is 48.0 Å². The number of fused-ring (bicyclic) bond motifs is 1. The Morgan fingerprint density at radius 2 is 1.89 bits per heavy atom. The number of aryl methyl sites for hydroxylation is 1. The maximum Gasteiger partial charge on any atom is 0.251 e. The third kappa shape index (κ3) is 3.33. The number of carbonyl (C=O) groups excluding carboxylic acids is 1. The maximum absolute atomic E-state index is 12.6. The normalized spacial score (nSPS) is 15.1. The van der Waals surface area contributed by atoms with Gasteiger partial charge in [-0.2, -0.15) is 5.10 Å². The standard InChI is InChI=1S/C22H23N3O2/c1-14-12-13-25(24-14)18-10-8-17(9-11-18)22(26)23-16(3)21-15(2)19-6-4-5-7-20(19)27-21/h4-11,16H,12-13H2,1-3H3,(H,23,26). The van der Waals surface area contributed by atoms with Crippen LogP contribution in [0.2, 0.25) is 0 Å². The van der Waals surface area contributed by atoms with Crippen molar-refractivity contribution in [2.75, 3.05) is 11.6 Å². The zero-order chi connectivity index (χ0) is 19.0. The number of anilines is 1. The monoisotopic (exact) mass is 361 g/mol. The number of nitrogens with zero attached hydrogens (tertiary/aromatic N) is 2. The summed E-state index contributed by atoms with van der Waals surface area (Å²) in [6.45, 7) is 6.89. The van der Waals surface area contributed by atoms with Gasteiger partial charge in [0.05, 0.1) is 11.7 Å². The predicted octanol–water partition coefficient (Wildman–Crippen LogP) is 4.82. The quantitative estimate of drug-likeness (QED) is 0.725. The van der Waals surface area contributed by atoms with Gasteiger partial charge in [0.2, 0.25) is 0 Å². The lowest BCUT2D eigenvalue weighted by atomic mass is 10.1. The number of amides is 1. The Hall–Kier alpha value is -3.08. The molecule has 0 saturated carbocycles. The Bertz CT molecular complexity index is 1020. The molecule has 138 valence electrons. The summed E-state index contributed by atoms with van der Waals surface area (Å²) in [6.07, 6.45) is 0.983. The van der Waals surface area contributed by atoms with Gasteiger partial charge in [-0.25, -0.2) is 0 Å². The minimum atomic E-state index is -0.213. The lowest BCUT2D eigenvalue weighted by Crippen LogP contribution is -2.26. The van der Waals surface area contributed by atoms with Crippen LogP contribution in [0, 0.1) is 6.92 Å². The van der Waals surface area contributed by atoms with Crippen molar-refractivity contribution < 1.29 is 9.21 Å². The van der Waals surface area contributed by atoms with Gasteiger partial charge in [-0.15, -0.1) is 0 Å². The molecule has 0 spiro atoms. The predicted molar refractivity (Wildman–Crippen MR) is 108 cm³/mol. The van der Waals surface area contributed by atoms with E-state index in [0.717, 1.165) is 46.7 Å². The van der Waals surface area contributed by atoms with Crippen molar-refractivity contribution in [2.45, 2.75) is 33.2 Å². The first-order valence-electron chi connectivity index (χ1n) is 9.23. The minimum Gasteiger partial charge on any atom is -0.459 e. The van der Waals surface area contributed by atoms with Gasteiger partial charge < -0.3 is 9.73 Å². The van der Waals surface area contributed by atoms with Gasteiger partial charge in [0.1, 0.15) is 11.3 Å². The number of furan rings is 1. The number of rotatable bonds is 4. The zero-order valence-electron chi connectivity index (χ0n) is 15.8. The molecule has 3 aromatic rings. The first kappa shape index (κ1) is 17.3. The molecule has 5 nitrogen and oxygen atoms in total. The van der Waals surface area contributed by atoms with Crippen LogP contribution in [0.25, 0.3) is 11.0 Å². The maximum atomic E-state index is 12.6. The van der Waals surface area contributed by atoms with Crippen molar-refractivity contribution in [2.24, 2.45) is 5.10 Å². The fraction of sp³-hybridized carbons (Fsp3) is 0.273. The summed E-state index contributed by atoms with van der Waals surface area (Å²) in [7, 11) is 0. The Kier molecular flexibility index (Phi) is 4.44. The molecule has 0 saturated heterocycles. The summed E-state index contributed by atoms with van der Waals surface area (Å²) in [6, 6.07) is 15.3. The molecule has 2 aromatic carbocycles. The molecule has 1 aliphatic heterocycles. The molecule has 0 bridgehead atoms.